The summed E-state index contributed by atoms with van der Waals surface area (Å²) in [5.74, 6) is 0.129. The Morgan fingerprint density at radius 3 is 2.48 bits per heavy atom. The standard InChI is InChI=1S/C24H20FNO3/c1-28-21-10-11-22-19(13-21)14-23(17-6-8-20(25)9-7-17)26(22)15-16-4-3-5-18(12-16)24(27)29-2/h3-14H,15H2,1-2H3. The van der Waals surface area contributed by atoms with Gasteiger partial charge < -0.3 is 14.0 Å². The number of ether oxygens (including phenoxy) is 2. The van der Waals surface area contributed by atoms with E-state index in [-0.39, 0.29) is 11.8 Å². The molecule has 4 aromatic rings. The molecule has 0 radical (unpaired) electrons. The van der Waals surface area contributed by atoms with Crippen LogP contribution >= 0.6 is 0 Å². The molecule has 0 aliphatic carbocycles. The molecule has 0 bridgehead atoms. The largest absolute Gasteiger partial charge is 0.497 e. The third kappa shape index (κ3) is 3.72. The second-order valence-corrected chi connectivity index (χ2v) is 6.74. The third-order valence-corrected chi connectivity index (χ3v) is 4.94. The molecule has 146 valence electrons. The molecule has 5 heteroatoms. The van der Waals surface area contributed by atoms with Crippen LogP contribution in [0.2, 0.25) is 0 Å². The normalized spacial score (nSPS) is 10.9. The lowest BCUT2D eigenvalue weighted by atomic mass is 10.1. The van der Waals surface area contributed by atoms with E-state index >= 15 is 0 Å². The van der Waals surface area contributed by atoms with Crippen molar-refractivity contribution in [2.24, 2.45) is 0 Å². The SMILES string of the molecule is COC(=O)c1cccc(Cn2c(-c3ccc(F)cc3)cc3cc(OC)ccc32)c1. The number of fused-ring (bicyclic) bond motifs is 1. The van der Waals surface area contributed by atoms with Gasteiger partial charge in [-0.15, -0.1) is 0 Å². The molecule has 0 saturated carbocycles. The Morgan fingerprint density at radius 2 is 1.76 bits per heavy atom. The lowest BCUT2D eigenvalue weighted by Gasteiger charge is -2.12. The van der Waals surface area contributed by atoms with Crippen LogP contribution in [-0.4, -0.2) is 24.8 Å². The van der Waals surface area contributed by atoms with E-state index in [1.807, 2.05) is 36.4 Å². The van der Waals surface area contributed by atoms with E-state index in [1.54, 1.807) is 25.3 Å². The zero-order valence-corrected chi connectivity index (χ0v) is 16.2. The van der Waals surface area contributed by atoms with E-state index in [1.165, 1.54) is 19.2 Å². The fraction of sp³-hybridized carbons (Fsp3) is 0.125. The molecular formula is C24H20FNO3. The van der Waals surface area contributed by atoms with Gasteiger partial charge in [0.2, 0.25) is 0 Å². The molecule has 4 nitrogen and oxygen atoms in total. The topological polar surface area (TPSA) is 40.5 Å². The zero-order chi connectivity index (χ0) is 20.4. The second-order valence-electron chi connectivity index (χ2n) is 6.74. The first-order valence-corrected chi connectivity index (χ1v) is 9.19. The molecule has 1 heterocycles. The van der Waals surface area contributed by atoms with Crippen molar-refractivity contribution in [2.45, 2.75) is 6.54 Å². The lowest BCUT2D eigenvalue weighted by molar-refractivity contribution is 0.0600. The Bertz CT molecular complexity index is 1180. The van der Waals surface area contributed by atoms with Crippen molar-refractivity contribution >= 4 is 16.9 Å². The highest BCUT2D eigenvalue weighted by atomic mass is 19.1. The van der Waals surface area contributed by atoms with E-state index in [9.17, 15) is 9.18 Å². The van der Waals surface area contributed by atoms with Gasteiger partial charge >= 0.3 is 5.97 Å². The first kappa shape index (κ1) is 18.7. The number of hydrogen-bond donors (Lipinski definition) is 0. The molecule has 0 unspecified atom stereocenters. The summed E-state index contributed by atoms with van der Waals surface area (Å²) in [4.78, 5) is 11.9. The second kappa shape index (κ2) is 7.80. The maximum absolute atomic E-state index is 13.4. The lowest BCUT2D eigenvalue weighted by Crippen LogP contribution is -2.05. The Hall–Kier alpha value is -3.60. The van der Waals surface area contributed by atoms with Crippen LogP contribution in [0.5, 0.6) is 5.75 Å². The van der Waals surface area contributed by atoms with Gasteiger partial charge in [-0.05, 0) is 71.8 Å². The third-order valence-electron chi connectivity index (χ3n) is 4.94. The molecule has 0 amide bonds. The van der Waals surface area contributed by atoms with Crippen LogP contribution in [0.3, 0.4) is 0 Å². The summed E-state index contributed by atoms with van der Waals surface area (Å²) in [5, 5.41) is 1.02. The minimum Gasteiger partial charge on any atom is -0.497 e. The van der Waals surface area contributed by atoms with Crippen molar-refractivity contribution in [1.29, 1.82) is 0 Å². The number of esters is 1. The minimum absolute atomic E-state index is 0.274. The highest BCUT2D eigenvalue weighted by Crippen LogP contribution is 2.31. The van der Waals surface area contributed by atoms with Gasteiger partial charge in [-0.3, -0.25) is 0 Å². The number of carbonyl (C=O) groups is 1. The average molecular weight is 389 g/mol. The summed E-state index contributed by atoms with van der Waals surface area (Å²) >= 11 is 0. The van der Waals surface area contributed by atoms with Gasteiger partial charge in [0.1, 0.15) is 11.6 Å². The predicted molar refractivity (Wildman–Crippen MR) is 111 cm³/mol. The van der Waals surface area contributed by atoms with Gasteiger partial charge in [-0.25, -0.2) is 9.18 Å². The van der Waals surface area contributed by atoms with Crippen molar-refractivity contribution in [3.05, 3.63) is 89.7 Å². The van der Waals surface area contributed by atoms with Crippen LogP contribution < -0.4 is 4.74 Å². The van der Waals surface area contributed by atoms with Crippen molar-refractivity contribution in [2.75, 3.05) is 14.2 Å². The Labute approximate surface area is 168 Å². The number of rotatable bonds is 5. The molecule has 0 spiro atoms. The minimum atomic E-state index is -0.368. The van der Waals surface area contributed by atoms with Gasteiger partial charge in [0.05, 0.1) is 19.8 Å². The molecule has 0 N–H and O–H groups in total. The molecule has 29 heavy (non-hydrogen) atoms. The van der Waals surface area contributed by atoms with E-state index in [0.29, 0.717) is 12.1 Å². The molecule has 0 aliphatic rings. The zero-order valence-electron chi connectivity index (χ0n) is 16.2. The Morgan fingerprint density at radius 1 is 0.966 bits per heavy atom. The van der Waals surface area contributed by atoms with Gasteiger partial charge in [0, 0.05) is 23.1 Å². The highest BCUT2D eigenvalue weighted by molar-refractivity contribution is 5.90. The molecule has 1 aromatic heterocycles. The molecule has 0 saturated heterocycles. The summed E-state index contributed by atoms with van der Waals surface area (Å²) < 4.78 is 25.8. The Kier molecular flexibility index (Phi) is 5.04. The van der Waals surface area contributed by atoms with Gasteiger partial charge in [-0.2, -0.15) is 0 Å². The summed E-state index contributed by atoms with van der Waals surface area (Å²) in [6, 6.07) is 21.8. The monoisotopic (exact) mass is 389 g/mol. The van der Waals surface area contributed by atoms with Gasteiger partial charge in [0.25, 0.3) is 0 Å². The van der Waals surface area contributed by atoms with Crippen molar-refractivity contribution in [1.82, 2.24) is 4.57 Å². The number of hydrogen-bond acceptors (Lipinski definition) is 3. The van der Waals surface area contributed by atoms with Crippen molar-refractivity contribution in [3.63, 3.8) is 0 Å². The Balaban J connectivity index is 1.84. The quantitative estimate of drug-likeness (QED) is 0.436. The van der Waals surface area contributed by atoms with E-state index < -0.39 is 0 Å². The first-order valence-electron chi connectivity index (χ1n) is 9.19. The molecule has 3 aromatic carbocycles. The maximum Gasteiger partial charge on any atom is 0.337 e. The predicted octanol–water partition coefficient (Wildman–Crippen LogP) is 5.29. The summed E-state index contributed by atoms with van der Waals surface area (Å²) in [5.41, 5.74) is 4.35. The smallest absolute Gasteiger partial charge is 0.337 e. The fourth-order valence-corrected chi connectivity index (χ4v) is 3.50. The van der Waals surface area contributed by atoms with Gasteiger partial charge in [0.15, 0.2) is 0 Å². The number of aromatic nitrogens is 1. The average Bonchev–Trinajstić information content (AvgIpc) is 3.11. The fourth-order valence-electron chi connectivity index (χ4n) is 3.50. The van der Waals surface area contributed by atoms with Crippen LogP contribution in [0.4, 0.5) is 4.39 Å². The molecule has 4 rings (SSSR count). The highest BCUT2D eigenvalue weighted by Gasteiger charge is 2.13. The van der Waals surface area contributed by atoms with Crippen LogP contribution in [0.15, 0.2) is 72.8 Å². The van der Waals surface area contributed by atoms with Crippen molar-refractivity contribution in [3.8, 4) is 17.0 Å². The van der Waals surface area contributed by atoms with E-state index in [0.717, 1.165) is 33.5 Å². The summed E-state index contributed by atoms with van der Waals surface area (Å²) in [7, 11) is 3.01. The maximum atomic E-state index is 13.4. The molecule has 0 fully saturated rings. The van der Waals surface area contributed by atoms with E-state index in [4.69, 9.17) is 9.47 Å². The summed E-state index contributed by atoms with van der Waals surface area (Å²) in [6.07, 6.45) is 0. The van der Waals surface area contributed by atoms with Gasteiger partial charge in [-0.1, -0.05) is 12.1 Å². The van der Waals surface area contributed by atoms with Crippen LogP contribution in [-0.2, 0) is 11.3 Å². The first-order chi connectivity index (χ1) is 14.1. The molecular weight excluding hydrogens is 369 g/mol. The van der Waals surface area contributed by atoms with Crippen LogP contribution in [0.25, 0.3) is 22.2 Å². The number of carbonyl (C=O) groups excluding carboxylic acids is 1. The van der Waals surface area contributed by atoms with Crippen LogP contribution in [0, 0.1) is 5.82 Å². The number of methoxy groups -OCH3 is 2. The van der Waals surface area contributed by atoms with Crippen molar-refractivity contribution < 1.29 is 18.7 Å². The number of halogens is 1. The van der Waals surface area contributed by atoms with E-state index in [2.05, 4.69) is 10.6 Å². The number of benzene rings is 3. The molecule has 0 aliphatic heterocycles. The molecule has 0 atom stereocenters. The number of nitrogens with zero attached hydrogens (tertiary/aromatic N) is 1. The summed E-state index contributed by atoms with van der Waals surface area (Å²) in [6.45, 7) is 0.549. The van der Waals surface area contributed by atoms with Crippen LogP contribution in [0.1, 0.15) is 15.9 Å².